The van der Waals surface area contributed by atoms with Crippen LogP contribution in [0, 0.1) is 0 Å². The van der Waals surface area contributed by atoms with E-state index >= 15 is 0 Å². The zero-order valence-electron chi connectivity index (χ0n) is 2.20. The predicted molar refractivity (Wildman–Crippen MR) is 5.75 cm³/mol. The average Bonchev–Trinajstić information content (AvgIpc) is 0. The van der Waals surface area contributed by atoms with E-state index in [4.69, 9.17) is 0 Å². The van der Waals surface area contributed by atoms with Gasteiger partial charge in [0.1, 0.15) is 0 Å². The van der Waals surface area contributed by atoms with Crippen molar-refractivity contribution < 1.29 is 70.1 Å². The van der Waals surface area contributed by atoms with E-state index < -0.39 is 0 Å². The van der Waals surface area contributed by atoms with Crippen molar-refractivity contribution in [1.29, 1.82) is 0 Å². The second kappa shape index (κ2) is 32.7. The first-order valence-electron chi connectivity index (χ1n) is 0. The fraction of sp³-hybridized carbons (Fsp3) is 0. The summed E-state index contributed by atoms with van der Waals surface area (Å²) in [6.45, 7) is 0. The summed E-state index contributed by atoms with van der Waals surface area (Å²) in [5, 5.41) is 0. The fourth-order valence-corrected chi connectivity index (χ4v) is 0. The number of hydrogen-bond acceptors (Lipinski definition) is 0. The van der Waals surface area contributed by atoms with Gasteiger partial charge in [0.2, 0.25) is 0 Å². The van der Waals surface area contributed by atoms with Crippen LogP contribution in [0.4, 0.5) is 0 Å². The van der Waals surface area contributed by atoms with Gasteiger partial charge in [-0.3, -0.25) is 0 Å². The van der Waals surface area contributed by atoms with E-state index in [0.717, 1.165) is 0 Å². The zero-order valence-corrected chi connectivity index (χ0v) is 9.28. The molecule has 0 saturated heterocycles. The van der Waals surface area contributed by atoms with Crippen molar-refractivity contribution in [2.75, 3.05) is 0 Å². The van der Waals surface area contributed by atoms with Crippen molar-refractivity contribution in [3.05, 3.63) is 0 Å². The molecule has 0 aliphatic carbocycles. The minimum Gasteiger partial charge on any atom is 0 e. The average molecular weight is 271 g/mol. The largest absolute Gasteiger partial charge is 0 e. The van der Waals surface area contributed by atoms with Gasteiger partial charge in [-0.2, -0.15) is 0 Å². The Balaban J connectivity index is 0. The first kappa shape index (κ1) is 53.2. The van der Waals surface area contributed by atoms with E-state index in [1.807, 2.05) is 0 Å². The molecule has 0 saturated carbocycles. The summed E-state index contributed by atoms with van der Waals surface area (Å²) in [6, 6.07) is 0. The molecule has 0 rings (SSSR count). The van der Waals surface area contributed by atoms with Crippen molar-refractivity contribution in [2.24, 2.45) is 0 Å². The minimum atomic E-state index is 0. The standard InChI is InChI=1S/Cu.Mn.Ni.Si.Zn. The zero-order chi connectivity index (χ0) is 0. The molecule has 6 radical (unpaired) electrons. The molecule has 5 heavy (non-hydrogen) atoms. The first-order valence-corrected chi connectivity index (χ1v) is 0. The van der Waals surface area contributed by atoms with Gasteiger partial charge in [0.05, 0.1) is 0 Å². The Labute approximate surface area is 80.3 Å². The van der Waals surface area contributed by atoms with Crippen LogP contribution in [0.25, 0.3) is 0 Å². The van der Waals surface area contributed by atoms with Crippen LogP contribution in [0.15, 0.2) is 0 Å². The molecule has 0 aliphatic rings. The van der Waals surface area contributed by atoms with E-state index in [1.54, 1.807) is 0 Å². The molecule has 5 heteroatoms. The summed E-state index contributed by atoms with van der Waals surface area (Å²) in [7, 11) is 0. The van der Waals surface area contributed by atoms with Gasteiger partial charge in [-0.15, -0.1) is 0 Å². The van der Waals surface area contributed by atoms with Crippen molar-refractivity contribution >= 4 is 11.0 Å². The van der Waals surface area contributed by atoms with Gasteiger partial charge in [0.25, 0.3) is 0 Å². The molecular weight excluding hydrogens is 271 g/mol. The van der Waals surface area contributed by atoms with Crippen molar-refractivity contribution in [1.82, 2.24) is 0 Å². The second-order valence-corrected chi connectivity index (χ2v) is 0. The van der Waals surface area contributed by atoms with Crippen LogP contribution < -0.4 is 0 Å². The van der Waals surface area contributed by atoms with Crippen LogP contribution in [0.2, 0.25) is 0 Å². The molecule has 0 aliphatic heterocycles. The van der Waals surface area contributed by atoms with Crippen molar-refractivity contribution in [3.63, 3.8) is 0 Å². The van der Waals surface area contributed by atoms with Gasteiger partial charge in [0.15, 0.2) is 0 Å². The van der Waals surface area contributed by atoms with Crippen LogP contribution in [0.1, 0.15) is 0 Å². The summed E-state index contributed by atoms with van der Waals surface area (Å²) in [4.78, 5) is 0. The third-order valence-electron chi connectivity index (χ3n) is 0. The summed E-state index contributed by atoms with van der Waals surface area (Å²) < 4.78 is 0. The van der Waals surface area contributed by atoms with Gasteiger partial charge in [-0.05, 0) is 0 Å². The summed E-state index contributed by atoms with van der Waals surface area (Å²) in [6.07, 6.45) is 0. The number of hydrogen-bond donors (Lipinski definition) is 0. The summed E-state index contributed by atoms with van der Waals surface area (Å²) in [5.41, 5.74) is 0. The van der Waals surface area contributed by atoms with E-state index in [-0.39, 0.29) is 81.1 Å². The Morgan fingerprint density at radius 1 is 1.00 bits per heavy atom. The summed E-state index contributed by atoms with van der Waals surface area (Å²) in [5.74, 6) is 0. The Morgan fingerprint density at radius 2 is 1.00 bits per heavy atom. The van der Waals surface area contributed by atoms with Gasteiger partial charge < -0.3 is 0 Å². The minimum absolute atomic E-state index is 0. The maximum atomic E-state index is 0. The molecule has 0 bridgehead atoms. The van der Waals surface area contributed by atoms with Crippen molar-refractivity contribution in [3.8, 4) is 0 Å². The van der Waals surface area contributed by atoms with Gasteiger partial charge in [0, 0.05) is 81.1 Å². The third kappa shape index (κ3) is 21.6. The molecule has 0 aromatic heterocycles. The maximum absolute atomic E-state index is 0. The van der Waals surface area contributed by atoms with Gasteiger partial charge in [-0.25, -0.2) is 0 Å². The monoisotopic (exact) mass is 268 g/mol. The molecule has 0 N–H and O–H groups in total. The first-order chi connectivity index (χ1) is 0. The molecule has 0 fully saturated rings. The Kier molecular flexibility index (Phi) is 348. The fourth-order valence-electron chi connectivity index (χ4n) is 0. The van der Waals surface area contributed by atoms with Gasteiger partial charge >= 0.3 is 0 Å². The van der Waals surface area contributed by atoms with Crippen LogP contribution in [0.5, 0.6) is 0 Å². The quantitative estimate of drug-likeness (QED) is 0.526. The Bertz CT molecular complexity index is 11.6. The van der Waals surface area contributed by atoms with Gasteiger partial charge in [-0.1, -0.05) is 0 Å². The number of rotatable bonds is 0. The third-order valence-corrected chi connectivity index (χ3v) is 0. The Morgan fingerprint density at radius 3 is 1.00 bits per heavy atom. The molecule has 0 amide bonds. The van der Waals surface area contributed by atoms with Crippen LogP contribution in [-0.2, 0) is 70.1 Å². The molecule has 0 unspecified atom stereocenters. The molecule has 0 spiro atoms. The van der Waals surface area contributed by atoms with Crippen LogP contribution >= 0.6 is 0 Å². The maximum Gasteiger partial charge on any atom is 0 e. The molecule has 0 atom stereocenters. The SMILES string of the molecule is [Cu].[Mn].[Ni].[Si].[Zn]. The Hall–Kier alpha value is 2.37. The molecule has 0 nitrogen and oxygen atoms in total. The molecule has 34 valence electrons. The smallest absolute Gasteiger partial charge is 0 e. The predicted octanol–water partition coefficient (Wildman–Crippen LogP) is -0.391. The molecule has 0 heterocycles. The van der Waals surface area contributed by atoms with E-state index in [9.17, 15) is 0 Å². The van der Waals surface area contributed by atoms with E-state index in [2.05, 4.69) is 0 Å². The summed E-state index contributed by atoms with van der Waals surface area (Å²) >= 11 is 0. The van der Waals surface area contributed by atoms with Crippen LogP contribution in [-0.4, -0.2) is 11.0 Å². The van der Waals surface area contributed by atoms with E-state index in [1.165, 1.54) is 0 Å². The molecular formula is CuMnNiSiZn. The molecule has 0 aromatic rings. The molecule has 0 aromatic carbocycles. The van der Waals surface area contributed by atoms with Crippen LogP contribution in [0.3, 0.4) is 0 Å². The normalized spacial score (nSPS) is 0. The second-order valence-electron chi connectivity index (χ2n) is 0. The topological polar surface area (TPSA) is 0 Å². The van der Waals surface area contributed by atoms with Crippen molar-refractivity contribution in [2.45, 2.75) is 0 Å². The van der Waals surface area contributed by atoms with E-state index in [0.29, 0.717) is 0 Å².